The normalized spacial score (nSPS) is 16.9. The van der Waals surface area contributed by atoms with E-state index >= 15 is 0 Å². The molecule has 1 atom stereocenters. The first kappa shape index (κ1) is 16.8. The van der Waals surface area contributed by atoms with Crippen LogP contribution >= 0.6 is 0 Å². The van der Waals surface area contributed by atoms with Gasteiger partial charge in [0, 0.05) is 19.1 Å². The molecule has 0 aromatic heterocycles. The maximum atomic E-state index is 12.0. The number of amides is 2. The Bertz CT molecular complexity index is 316. The van der Waals surface area contributed by atoms with Crippen LogP contribution in [0.15, 0.2) is 0 Å². The van der Waals surface area contributed by atoms with E-state index in [2.05, 4.69) is 5.32 Å². The Kier molecular flexibility index (Phi) is 7.36. The van der Waals surface area contributed by atoms with Crippen LogP contribution in [-0.2, 0) is 9.53 Å². The summed E-state index contributed by atoms with van der Waals surface area (Å²) in [6.07, 6.45) is 5.00. The number of hydrogen-bond acceptors (Lipinski definition) is 3. The van der Waals surface area contributed by atoms with Gasteiger partial charge < -0.3 is 20.1 Å². The second kappa shape index (κ2) is 8.79. The van der Waals surface area contributed by atoms with Crippen molar-refractivity contribution >= 4 is 12.0 Å². The van der Waals surface area contributed by atoms with Gasteiger partial charge in [0.05, 0.1) is 19.1 Å². The molecule has 1 saturated carbocycles. The van der Waals surface area contributed by atoms with Gasteiger partial charge in [-0.05, 0) is 26.7 Å². The highest BCUT2D eigenvalue weighted by molar-refractivity contribution is 5.75. The molecule has 2 amide bonds. The zero-order chi connectivity index (χ0) is 15.0. The first-order chi connectivity index (χ1) is 9.54. The molecule has 6 nitrogen and oxygen atoms in total. The monoisotopic (exact) mass is 286 g/mol. The summed E-state index contributed by atoms with van der Waals surface area (Å²) < 4.78 is 5.66. The first-order valence-electron chi connectivity index (χ1n) is 7.42. The Balaban J connectivity index is 2.22. The van der Waals surface area contributed by atoms with Crippen molar-refractivity contribution in [2.24, 2.45) is 0 Å². The Morgan fingerprint density at radius 1 is 1.40 bits per heavy atom. The zero-order valence-electron chi connectivity index (χ0n) is 12.4. The summed E-state index contributed by atoms with van der Waals surface area (Å²) in [5, 5.41) is 11.5. The smallest absolute Gasteiger partial charge is 0.317 e. The number of carbonyl (C=O) groups is 2. The first-order valence-corrected chi connectivity index (χ1v) is 7.42. The van der Waals surface area contributed by atoms with Gasteiger partial charge in [-0.25, -0.2) is 4.79 Å². The van der Waals surface area contributed by atoms with Gasteiger partial charge in [-0.3, -0.25) is 4.79 Å². The fourth-order valence-corrected chi connectivity index (χ4v) is 2.56. The van der Waals surface area contributed by atoms with Crippen molar-refractivity contribution in [3.8, 4) is 0 Å². The third kappa shape index (κ3) is 5.77. The predicted octanol–water partition coefficient (Wildman–Crippen LogP) is 1.84. The van der Waals surface area contributed by atoms with E-state index in [0.29, 0.717) is 25.8 Å². The minimum atomic E-state index is -0.895. The van der Waals surface area contributed by atoms with Crippen molar-refractivity contribution < 1.29 is 19.4 Å². The van der Waals surface area contributed by atoms with Crippen LogP contribution in [0.25, 0.3) is 0 Å². The molecule has 0 heterocycles. The van der Waals surface area contributed by atoms with Gasteiger partial charge in [0.25, 0.3) is 0 Å². The van der Waals surface area contributed by atoms with Crippen molar-refractivity contribution in [2.45, 2.75) is 58.1 Å². The maximum Gasteiger partial charge on any atom is 0.317 e. The highest BCUT2D eigenvalue weighted by atomic mass is 16.5. The van der Waals surface area contributed by atoms with E-state index in [-0.39, 0.29) is 18.5 Å². The second-order valence-electron chi connectivity index (χ2n) is 5.24. The zero-order valence-corrected chi connectivity index (χ0v) is 12.4. The van der Waals surface area contributed by atoms with Crippen LogP contribution in [0.3, 0.4) is 0 Å². The minimum absolute atomic E-state index is 0.0418. The van der Waals surface area contributed by atoms with E-state index in [1.165, 1.54) is 17.7 Å². The van der Waals surface area contributed by atoms with Crippen molar-refractivity contribution in [1.82, 2.24) is 10.2 Å². The van der Waals surface area contributed by atoms with Gasteiger partial charge in [0.15, 0.2) is 0 Å². The highest BCUT2D eigenvalue weighted by Crippen LogP contribution is 2.20. The van der Waals surface area contributed by atoms with E-state index in [1.807, 2.05) is 6.92 Å². The lowest BCUT2D eigenvalue weighted by atomic mass is 10.2. The van der Waals surface area contributed by atoms with Crippen molar-refractivity contribution in [2.75, 3.05) is 19.7 Å². The number of carboxylic acid groups (broad SMARTS) is 1. The molecule has 1 fully saturated rings. The van der Waals surface area contributed by atoms with Crippen LogP contribution in [0, 0.1) is 0 Å². The number of ether oxygens (including phenoxy) is 1. The van der Waals surface area contributed by atoms with Crippen molar-refractivity contribution in [1.29, 1.82) is 0 Å². The quantitative estimate of drug-likeness (QED) is 0.667. The summed E-state index contributed by atoms with van der Waals surface area (Å²) >= 11 is 0. The molecule has 0 aromatic rings. The summed E-state index contributed by atoms with van der Waals surface area (Å²) in [5.41, 5.74) is 0. The van der Waals surface area contributed by atoms with Crippen LogP contribution in [0.1, 0.15) is 46.0 Å². The van der Waals surface area contributed by atoms with E-state index in [9.17, 15) is 9.59 Å². The van der Waals surface area contributed by atoms with Crippen molar-refractivity contribution in [3.63, 3.8) is 0 Å². The second-order valence-corrected chi connectivity index (χ2v) is 5.24. The number of hydrogen-bond donors (Lipinski definition) is 2. The summed E-state index contributed by atoms with van der Waals surface area (Å²) in [6, 6.07) is -0.537. The highest BCUT2D eigenvalue weighted by Gasteiger charge is 2.20. The van der Waals surface area contributed by atoms with E-state index in [1.54, 1.807) is 6.92 Å². The molecule has 0 saturated heterocycles. The van der Waals surface area contributed by atoms with Gasteiger partial charge in [0.1, 0.15) is 0 Å². The van der Waals surface area contributed by atoms with Crippen molar-refractivity contribution in [3.05, 3.63) is 0 Å². The summed E-state index contributed by atoms with van der Waals surface area (Å²) in [5.74, 6) is -0.895. The minimum Gasteiger partial charge on any atom is -0.481 e. The molecule has 20 heavy (non-hydrogen) atoms. The molecule has 1 unspecified atom stereocenters. The molecule has 0 radical (unpaired) electrons. The summed E-state index contributed by atoms with van der Waals surface area (Å²) in [4.78, 5) is 24.2. The molecule has 6 heteroatoms. The number of rotatable bonds is 8. The molecular weight excluding hydrogens is 260 g/mol. The van der Waals surface area contributed by atoms with Gasteiger partial charge in [-0.2, -0.15) is 0 Å². The molecule has 1 aliphatic rings. The average Bonchev–Trinajstić information content (AvgIpc) is 2.87. The van der Waals surface area contributed by atoms with Crippen LogP contribution < -0.4 is 5.32 Å². The lowest BCUT2D eigenvalue weighted by Gasteiger charge is -2.27. The van der Waals surface area contributed by atoms with Crippen LogP contribution in [0.5, 0.6) is 0 Å². The lowest BCUT2D eigenvalue weighted by Crippen LogP contribution is -2.46. The largest absolute Gasteiger partial charge is 0.481 e. The molecule has 0 aliphatic heterocycles. The molecular formula is C14H26N2O4. The van der Waals surface area contributed by atoms with Gasteiger partial charge in [0.2, 0.25) is 0 Å². The molecule has 1 rings (SSSR count). The third-order valence-corrected chi connectivity index (χ3v) is 3.64. The van der Waals surface area contributed by atoms with E-state index in [4.69, 9.17) is 9.84 Å². The Morgan fingerprint density at radius 2 is 2.05 bits per heavy atom. The lowest BCUT2D eigenvalue weighted by molar-refractivity contribution is -0.138. The number of carbonyl (C=O) groups excluding carboxylic acids is 1. The third-order valence-electron chi connectivity index (χ3n) is 3.64. The average molecular weight is 286 g/mol. The number of aliphatic carboxylic acids is 1. The molecule has 0 spiro atoms. The van der Waals surface area contributed by atoms with Gasteiger partial charge >= 0.3 is 12.0 Å². The molecule has 2 N–H and O–H groups in total. The Morgan fingerprint density at radius 3 is 2.60 bits per heavy atom. The predicted molar refractivity (Wildman–Crippen MR) is 75.7 cm³/mol. The fraction of sp³-hybridized carbons (Fsp3) is 0.857. The van der Waals surface area contributed by atoms with Gasteiger partial charge in [-0.1, -0.05) is 12.8 Å². The summed E-state index contributed by atoms with van der Waals surface area (Å²) in [7, 11) is 0. The fourth-order valence-electron chi connectivity index (χ4n) is 2.56. The molecule has 0 bridgehead atoms. The SMILES string of the molecule is CCN(C(=O)NCCOC1CCCC1)C(C)CC(=O)O. The molecule has 0 aromatic carbocycles. The Hall–Kier alpha value is -1.30. The topological polar surface area (TPSA) is 78.9 Å². The molecule has 1 aliphatic carbocycles. The number of nitrogens with one attached hydrogen (secondary N) is 1. The van der Waals surface area contributed by atoms with Gasteiger partial charge in [-0.15, -0.1) is 0 Å². The van der Waals surface area contributed by atoms with Crippen LogP contribution in [-0.4, -0.2) is 53.8 Å². The summed E-state index contributed by atoms with van der Waals surface area (Å²) in [6.45, 7) is 5.05. The number of urea groups is 1. The maximum absolute atomic E-state index is 12.0. The van der Waals surface area contributed by atoms with Crippen LogP contribution in [0.4, 0.5) is 4.79 Å². The number of nitrogens with zero attached hydrogens (tertiary/aromatic N) is 1. The number of carboxylic acids is 1. The Labute approximate surface area is 120 Å². The van der Waals surface area contributed by atoms with Crippen LogP contribution in [0.2, 0.25) is 0 Å². The van der Waals surface area contributed by atoms with E-state index in [0.717, 1.165) is 12.8 Å². The molecule has 116 valence electrons. The van der Waals surface area contributed by atoms with E-state index < -0.39 is 5.97 Å². The standard InChI is InChI=1S/C14H26N2O4/c1-3-16(11(2)10-13(17)18)14(19)15-8-9-20-12-6-4-5-7-12/h11-12H,3-10H2,1-2H3,(H,15,19)(H,17,18).